The van der Waals surface area contributed by atoms with Crippen LogP contribution in [-0.4, -0.2) is 78.2 Å². The molecule has 2 aromatic heterocycles. The monoisotopic (exact) mass is 690 g/mol. The van der Waals surface area contributed by atoms with E-state index in [1.807, 2.05) is 0 Å². The number of halogens is 3. The molecule has 2 aromatic carbocycles. The number of aryl methyl sites for hydroxylation is 1. The molecule has 244 valence electrons. The Balaban J connectivity index is 1.68. The third-order valence-electron chi connectivity index (χ3n) is 7.60. The van der Waals surface area contributed by atoms with Gasteiger partial charge in [0.15, 0.2) is 21.4 Å². The topological polar surface area (TPSA) is 111 Å². The molecule has 10 nitrogen and oxygen atoms in total. The largest absolute Gasteiger partial charge is 0.482 e. The number of fused-ring (bicyclic) bond motifs is 2. The molecule has 0 N–H and O–H groups in total. The Morgan fingerprint density at radius 1 is 1.11 bits per heavy atom. The normalized spacial score (nSPS) is 15.5. The minimum absolute atomic E-state index is 0.00443. The van der Waals surface area contributed by atoms with E-state index in [0.717, 1.165) is 0 Å². The molecule has 2 amide bonds. The van der Waals surface area contributed by atoms with Gasteiger partial charge in [-0.05, 0) is 75.2 Å². The molecule has 1 unspecified atom stereocenters. The zero-order chi connectivity index (χ0) is 33.7. The van der Waals surface area contributed by atoms with Crippen molar-refractivity contribution in [1.82, 2.24) is 19.2 Å². The van der Waals surface area contributed by atoms with Gasteiger partial charge in [-0.25, -0.2) is 22.6 Å². The highest BCUT2D eigenvalue weighted by atomic mass is 35.5. The second-order valence-corrected chi connectivity index (χ2v) is 14.8. The van der Waals surface area contributed by atoms with E-state index in [1.165, 1.54) is 48.2 Å². The Morgan fingerprint density at radius 3 is 2.48 bits per heavy atom. The van der Waals surface area contributed by atoms with Crippen LogP contribution in [0, 0.1) is 12.7 Å². The molecular weight excluding hydrogens is 658 g/mol. The summed E-state index contributed by atoms with van der Waals surface area (Å²) in [6.07, 6.45) is -0.617. The number of likely N-dealkylation sites (N-methyl/N-ethyl adjacent to an activating group) is 1. The molecule has 5 rings (SSSR count). The van der Waals surface area contributed by atoms with Crippen molar-refractivity contribution < 1.29 is 31.9 Å². The molecule has 3 heterocycles. The maximum Gasteiger partial charge on any atom is 0.410 e. The van der Waals surface area contributed by atoms with E-state index in [2.05, 4.69) is 4.98 Å². The van der Waals surface area contributed by atoms with E-state index in [1.54, 1.807) is 56.4 Å². The molecule has 46 heavy (non-hydrogen) atoms. The van der Waals surface area contributed by atoms with Crippen molar-refractivity contribution in [3.8, 4) is 17.1 Å². The lowest BCUT2D eigenvalue weighted by atomic mass is 10.0. The number of sulfone groups is 1. The molecule has 1 aliphatic heterocycles. The summed E-state index contributed by atoms with van der Waals surface area (Å²) in [5, 5.41) is -0.0616. The number of nitrogens with zero attached hydrogens (tertiary/aromatic N) is 4. The number of rotatable bonds is 7. The molecule has 0 radical (unpaired) electrons. The Morgan fingerprint density at radius 2 is 1.83 bits per heavy atom. The fourth-order valence-electron chi connectivity index (χ4n) is 5.42. The number of carbonyl (C=O) groups excluding carboxylic acids is 2. The van der Waals surface area contributed by atoms with E-state index in [-0.39, 0.29) is 33.7 Å². The van der Waals surface area contributed by atoms with Crippen molar-refractivity contribution in [2.24, 2.45) is 0 Å². The third kappa shape index (κ3) is 6.25. The number of aromatic nitrogens is 2. The zero-order valence-electron chi connectivity index (χ0n) is 26.1. The van der Waals surface area contributed by atoms with Gasteiger partial charge >= 0.3 is 6.09 Å². The van der Waals surface area contributed by atoms with Gasteiger partial charge in [-0.1, -0.05) is 35.3 Å². The van der Waals surface area contributed by atoms with E-state index in [9.17, 15) is 22.4 Å². The number of benzene rings is 2. The minimum atomic E-state index is -3.96. The van der Waals surface area contributed by atoms with Gasteiger partial charge in [0.2, 0.25) is 0 Å². The second-order valence-electron chi connectivity index (χ2n) is 12.0. The summed E-state index contributed by atoms with van der Waals surface area (Å²) in [7, 11) is -0.959. The van der Waals surface area contributed by atoms with Crippen molar-refractivity contribution in [3.63, 3.8) is 0 Å². The summed E-state index contributed by atoms with van der Waals surface area (Å²) >= 11 is 12.6. The highest BCUT2D eigenvalue weighted by Gasteiger charge is 2.43. The molecule has 0 fully saturated rings. The number of imidazole rings is 1. The number of methoxy groups -OCH3 is 1. The predicted octanol–water partition coefficient (Wildman–Crippen LogP) is 6.60. The molecule has 4 aromatic rings. The van der Waals surface area contributed by atoms with Crippen molar-refractivity contribution in [1.29, 1.82) is 0 Å². The van der Waals surface area contributed by atoms with Gasteiger partial charge in [-0.3, -0.25) is 9.20 Å². The SMILES string of the molecule is COc1cccc2nc(C(=O)N(CCN(C)C(=O)OC(C)(C)C)C3CS(=O)(=O)c4c3ccc(Cl)c4Cl)c(-c3ccc(F)c(C)c3)n12. The lowest BCUT2D eigenvalue weighted by Crippen LogP contribution is -2.43. The van der Waals surface area contributed by atoms with Crippen LogP contribution in [0.2, 0.25) is 10.0 Å². The van der Waals surface area contributed by atoms with Gasteiger partial charge in [0.05, 0.1) is 39.5 Å². The minimum Gasteiger partial charge on any atom is -0.482 e. The van der Waals surface area contributed by atoms with Crippen LogP contribution in [0.3, 0.4) is 0 Å². The van der Waals surface area contributed by atoms with Crippen molar-refractivity contribution in [3.05, 3.63) is 81.2 Å². The van der Waals surface area contributed by atoms with Crippen LogP contribution in [0.25, 0.3) is 16.9 Å². The first-order valence-electron chi connectivity index (χ1n) is 14.3. The highest BCUT2D eigenvalue weighted by Crippen LogP contribution is 2.44. The van der Waals surface area contributed by atoms with Crippen molar-refractivity contribution >= 4 is 50.7 Å². The second kappa shape index (κ2) is 12.4. The fraction of sp³-hybridized carbons (Fsp3) is 0.344. The van der Waals surface area contributed by atoms with E-state index >= 15 is 0 Å². The van der Waals surface area contributed by atoms with Crippen molar-refractivity contribution in [2.45, 2.75) is 44.2 Å². The third-order valence-corrected chi connectivity index (χ3v) is 10.3. The van der Waals surface area contributed by atoms with Gasteiger partial charge < -0.3 is 19.3 Å². The highest BCUT2D eigenvalue weighted by molar-refractivity contribution is 7.92. The summed E-state index contributed by atoms with van der Waals surface area (Å²) in [5.74, 6) is -1.15. The first kappa shape index (κ1) is 33.5. The van der Waals surface area contributed by atoms with Gasteiger partial charge in [0.25, 0.3) is 5.91 Å². The number of pyridine rings is 1. The van der Waals surface area contributed by atoms with E-state index in [0.29, 0.717) is 33.9 Å². The smallest absolute Gasteiger partial charge is 0.410 e. The average Bonchev–Trinajstić information content (AvgIpc) is 3.50. The lowest BCUT2D eigenvalue weighted by molar-refractivity contribution is 0.0268. The lowest BCUT2D eigenvalue weighted by Gasteiger charge is -2.31. The van der Waals surface area contributed by atoms with Crippen LogP contribution in [0.1, 0.15) is 48.4 Å². The number of hydrogen-bond donors (Lipinski definition) is 0. The van der Waals surface area contributed by atoms with Crippen LogP contribution < -0.4 is 4.74 Å². The van der Waals surface area contributed by atoms with E-state index in [4.69, 9.17) is 32.7 Å². The molecule has 1 atom stereocenters. The molecule has 0 saturated carbocycles. The Hall–Kier alpha value is -3.87. The van der Waals surface area contributed by atoms with Crippen LogP contribution >= 0.6 is 23.2 Å². The van der Waals surface area contributed by atoms with Crippen LogP contribution in [-0.2, 0) is 14.6 Å². The Kier molecular flexibility index (Phi) is 9.02. The molecule has 0 bridgehead atoms. The van der Waals surface area contributed by atoms with Gasteiger partial charge in [0, 0.05) is 25.7 Å². The zero-order valence-corrected chi connectivity index (χ0v) is 28.4. The molecule has 0 saturated heterocycles. The molecule has 0 aliphatic carbocycles. The maximum absolute atomic E-state index is 14.8. The first-order valence-corrected chi connectivity index (χ1v) is 16.7. The fourth-order valence-corrected chi connectivity index (χ4v) is 8.04. The number of amides is 2. The standard InChI is InChI=1S/C32H33Cl2FN4O6S/c1-18-16-19(10-13-22(18)35)28-27(36-24-8-7-9-25(44-6)39(24)28)30(40)38(15-14-37(5)31(41)45-32(2,3)4)23-17-46(42,43)29-20(23)11-12-21(33)26(29)34/h7-13,16,23H,14-15,17H2,1-6H3. The van der Waals surface area contributed by atoms with E-state index < -0.39 is 45.1 Å². The van der Waals surface area contributed by atoms with Crippen molar-refractivity contribution in [2.75, 3.05) is 33.0 Å². The van der Waals surface area contributed by atoms with Crippen LogP contribution in [0.5, 0.6) is 5.88 Å². The summed E-state index contributed by atoms with van der Waals surface area (Å²) in [4.78, 5) is 34.8. The van der Waals surface area contributed by atoms with Gasteiger partial charge in [-0.2, -0.15) is 0 Å². The summed E-state index contributed by atoms with van der Waals surface area (Å²) in [6.45, 7) is 6.71. The summed E-state index contributed by atoms with van der Waals surface area (Å²) in [5.41, 5.74) is 1.04. The average molecular weight is 692 g/mol. The molecular formula is C32H33Cl2FN4O6S. The number of carbonyl (C=O) groups is 2. The Labute approximate surface area is 276 Å². The Bertz CT molecular complexity index is 1980. The summed E-state index contributed by atoms with van der Waals surface area (Å²) < 4.78 is 54.0. The number of hydrogen-bond acceptors (Lipinski definition) is 7. The first-order chi connectivity index (χ1) is 21.5. The van der Waals surface area contributed by atoms with Gasteiger partial charge in [0.1, 0.15) is 17.1 Å². The predicted molar refractivity (Wildman–Crippen MR) is 173 cm³/mol. The summed E-state index contributed by atoms with van der Waals surface area (Å²) in [6, 6.07) is 11.6. The van der Waals surface area contributed by atoms with Gasteiger partial charge in [-0.15, -0.1) is 0 Å². The quantitative estimate of drug-likeness (QED) is 0.215. The maximum atomic E-state index is 14.8. The molecule has 1 aliphatic rings. The molecule has 0 spiro atoms. The van der Waals surface area contributed by atoms with Crippen LogP contribution in [0.4, 0.5) is 9.18 Å². The molecule has 14 heteroatoms. The number of ether oxygens (including phenoxy) is 2. The van der Waals surface area contributed by atoms with Crippen LogP contribution in [0.15, 0.2) is 53.4 Å².